The lowest BCUT2D eigenvalue weighted by atomic mass is 9.97. The van der Waals surface area contributed by atoms with Crippen LogP contribution in [0.15, 0.2) is 18.5 Å². The van der Waals surface area contributed by atoms with Gasteiger partial charge in [0.2, 0.25) is 0 Å². The van der Waals surface area contributed by atoms with Crippen LogP contribution in [0.3, 0.4) is 0 Å². The summed E-state index contributed by atoms with van der Waals surface area (Å²) < 4.78 is 5.87. The fraction of sp³-hybridized carbons (Fsp3) is 0.350. The molecule has 0 bridgehead atoms. The SMILES string of the molecule is CC(N)COc1cc(N)c(C=N)cc1Nc1ncnc2sc3c(c12)CCCC3. The Morgan fingerprint density at radius 3 is 2.93 bits per heavy atom. The average molecular weight is 397 g/mol. The van der Waals surface area contributed by atoms with Crippen LogP contribution in [0.25, 0.3) is 10.2 Å². The van der Waals surface area contributed by atoms with E-state index in [4.69, 9.17) is 21.6 Å². The van der Waals surface area contributed by atoms with Gasteiger partial charge in [-0.1, -0.05) is 0 Å². The Balaban J connectivity index is 1.78. The summed E-state index contributed by atoms with van der Waals surface area (Å²) in [6, 6.07) is 3.43. The number of rotatable bonds is 6. The van der Waals surface area contributed by atoms with Gasteiger partial charge in [0, 0.05) is 34.5 Å². The van der Waals surface area contributed by atoms with E-state index in [0.717, 1.165) is 28.9 Å². The first-order chi connectivity index (χ1) is 13.6. The van der Waals surface area contributed by atoms with E-state index < -0.39 is 0 Å². The summed E-state index contributed by atoms with van der Waals surface area (Å²) in [4.78, 5) is 11.4. The summed E-state index contributed by atoms with van der Waals surface area (Å²) in [5, 5.41) is 12.1. The Kier molecular flexibility index (Phi) is 5.15. The summed E-state index contributed by atoms with van der Waals surface area (Å²) in [7, 11) is 0. The van der Waals surface area contributed by atoms with Crippen LogP contribution >= 0.6 is 11.3 Å². The molecule has 1 aliphatic rings. The molecule has 0 fully saturated rings. The van der Waals surface area contributed by atoms with Gasteiger partial charge in [0.15, 0.2) is 0 Å². The number of fused-ring (bicyclic) bond motifs is 3. The Morgan fingerprint density at radius 2 is 2.14 bits per heavy atom. The molecule has 3 aromatic rings. The van der Waals surface area contributed by atoms with Crippen LogP contribution in [-0.2, 0) is 12.8 Å². The fourth-order valence-corrected chi connectivity index (χ4v) is 4.72. The molecule has 28 heavy (non-hydrogen) atoms. The van der Waals surface area contributed by atoms with Gasteiger partial charge in [0.1, 0.15) is 29.3 Å². The monoisotopic (exact) mass is 396 g/mol. The van der Waals surface area contributed by atoms with Gasteiger partial charge < -0.3 is 26.9 Å². The van der Waals surface area contributed by atoms with Gasteiger partial charge in [-0.3, -0.25) is 0 Å². The zero-order chi connectivity index (χ0) is 19.7. The van der Waals surface area contributed by atoms with E-state index in [1.165, 1.54) is 29.5 Å². The second-order valence-corrected chi connectivity index (χ2v) is 8.23. The molecule has 0 saturated carbocycles. The lowest BCUT2D eigenvalue weighted by molar-refractivity contribution is 0.298. The number of thiophene rings is 1. The Morgan fingerprint density at radius 1 is 1.32 bits per heavy atom. The van der Waals surface area contributed by atoms with Crippen LogP contribution in [0, 0.1) is 5.41 Å². The van der Waals surface area contributed by atoms with Crippen molar-refractivity contribution in [1.82, 2.24) is 9.97 Å². The van der Waals surface area contributed by atoms with Gasteiger partial charge in [-0.05, 0) is 44.2 Å². The number of hydrogen-bond acceptors (Lipinski definition) is 8. The number of aromatic nitrogens is 2. The molecule has 0 amide bonds. The van der Waals surface area contributed by atoms with Crippen LogP contribution < -0.4 is 21.5 Å². The number of anilines is 3. The first-order valence-corrected chi connectivity index (χ1v) is 10.2. The normalized spacial score (nSPS) is 14.5. The smallest absolute Gasteiger partial charge is 0.144 e. The van der Waals surface area contributed by atoms with Gasteiger partial charge in [-0.2, -0.15) is 0 Å². The number of ether oxygens (including phenoxy) is 1. The third-order valence-electron chi connectivity index (χ3n) is 4.85. The quantitative estimate of drug-likeness (QED) is 0.373. The van der Waals surface area contributed by atoms with E-state index >= 15 is 0 Å². The molecule has 1 aliphatic carbocycles. The Bertz CT molecular complexity index is 1030. The van der Waals surface area contributed by atoms with Crippen molar-refractivity contribution in [3.05, 3.63) is 34.5 Å². The summed E-state index contributed by atoms with van der Waals surface area (Å²) in [6.07, 6.45) is 7.40. The highest BCUT2D eigenvalue weighted by Gasteiger charge is 2.21. The van der Waals surface area contributed by atoms with E-state index in [-0.39, 0.29) is 6.04 Å². The van der Waals surface area contributed by atoms with Crippen molar-refractivity contribution in [3.8, 4) is 5.75 Å². The van der Waals surface area contributed by atoms with E-state index in [1.807, 2.05) is 13.0 Å². The van der Waals surface area contributed by atoms with Crippen LogP contribution in [-0.4, -0.2) is 28.8 Å². The molecule has 0 radical (unpaired) electrons. The largest absolute Gasteiger partial charge is 0.490 e. The summed E-state index contributed by atoms with van der Waals surface area (Å²) >= 11 is 1.76. The maximum absolute atomic E-state index is 7.62. The van der Waals surface area contributed by atoms with Crippen molar-refractivity contribution in [2.24, 2.45) is 5.73 Å². The lowest BCUT2D eigenvalue weighted by Crippen LogP contribution is -2.24. The van der Waals surface area contributed by atoms with E-state index in [2.05, 4.69) is 15.3 Å². The first-order valence-electron chi connectivity index (χ1n) is 9.41. The minimum Gasteiger partial charge on any atom is -0.490 e. The second-order valence-electron chi connectivity index (χ2n) is 7.15. The molecule has 7 nitrogen and oxygen atoms in total. The predicted octanol–water partition coefficient (Wildman–Crippen LogP) is 3.62. The maximum Gasteiger partial charge on any atom is 0.144 e. The highest BCUT2D eigenvalue weighted by molar-refractivity contribution is 7.19. The van der Waals surface area contributed by atoms with E-state index in [9.17, 15) is 0 Å². The van der Waals surface area contributed by atoms with Gasteiger partial charge in [0.05, 0.1) is 11.1 Å². The average Bonchev–Trinajstić information content (AvgIpc) is 3.07. The number of nitrogens with one attached hydrogen (secondary N) is 2. The predicted molar refractivity (Wildman–Crippen MR) is 115 cm³/mol. The Hall–Kier alpha value is -2.71. The minimum absolute atomic E-state index is 0.105. The van der Waals surface area contributed by atoms with E-state index in [1.54, 1.807) is 23.7 Å². The molecule has 146 valence electrons. The zero-order valence-electron chi connectivity index (χ0n) is 15.8. The molecule has 1 aromatic carbocycles. The highest BCUT2D eigenvalue weighted by atomic mass is 32.1. The third kappa shape index (κ3) is 3.53. The van der Waals surface area contributed by atoms with Crippen molar-refractivity contribution >= 4 is 45.0 Å². The standard InChI is InChI=1S/C20H24N6OS/c1-11(22)9-27-16-7-14(23)12(8-21)6-15(16)26-19-18-13-4-2-3-5-17(13)28-20(18)25-10-24-19/h6-8,10-11,21H,2-5,9,22-23H2,1H3,(H,24,25,26). The molecule has 6 N–H and O–H groups in total. The summed E-state index contributed by atoms with van der Waals surface area (Å²) in [6.45, 7) is 2.25. The van der Waals surface area contributed by atoms with Crippen molar-refractivity contribution in [2.75, 3.05) is 17.7 Å². The number of nitrogens with zero attached hydrogens (tertiary/aromatic N) is 2. The van der Waals surface area contributed by atoms with Gasteiger partial charge in [0.25, 0.3) is 0 Å². The lowest BCUT2D eigenvalue weighted by Gasteiger charge is -2.17. The van der Waals surface area contributed by atoms with Crippen LogP contribution in [0.1, 0.15) is 35.8 Å². The van der Waals surface area contributed by atoms with Crippen LogP contribution in [0.4, 0.5) is 17.2 Å². The first kappa shape index (κ1) is 18.6. The molecule has 0 aliphatic heterocycles. The molecule has 0 saturated heterocycles. The van der Waals surface area contributed by atoms with E-state index in [0.29, 0.717) is 29.3 Å². The zero-order valence-corrected chi connectivity index (χ0v) is 16.6. The van der Waals surface area contributed by atoms with Crippen LogP contribution in [0.2, 0.25) is 0 Å². The minimum atomic E-state index is -0.105. The van der Waals surface area contributed by atoms with Crippen molar-refractivity contribution in [1.29, 1.82) is 5.41 Å². The molecule has 4 rings (SSSR count). The van der Waals surface area contributed by atoms with Crippen molar-refractivity contribution in [2.45, 2.75) is 38.6 Å². The van der Waals surface area contributed by atoms with Crippen molar-refractivity contribution < 1.29 is 4.74 Å². The number of aryl methyl sites for hydroxylation is 2. The molecular formula is C20H24N6OS. The number of hydrogen-bond donors (Lipinski definition) is 4. The molecule has 8 heteroatoms. The number of nitrogens with two attached hydrogens (primary N) is 2. The van der Waals surface area contributed by atoms with Gasteiger partial charge >= 0.3 is 0 Å². The molecule has 0 spiro atoms. The summed E-state index contributed by atoms with van der Waals surface area (Å²) in [5.74, 6) is 1.35. The van der Waals surface area contributed by atoms with Crippen LogP contribution in [0.5, 0.6) is 5.75 Å². The fourth-order valence-electron chi connectivity index (χ4n) is 3.49. The number of nitrogen functional groups attached to an aromatic ring is 1. The van der Waals surface area contributed by atoms with Gasteiger partial charge in [-0.15, -0.1) is 11.3 Å². The molecular weight excluding hydrogens is 372 g/mol. The second kappa shape index (κ2) is 7.73. The number of benzene rings is 1. The molecule has 1 unspecified atom stereocenters. The van der Waals surface area contributed by atoms with Crippen molar-refractivity contribution in [3.63, 3.8) is 0 Å². The van der Waals surface area contributed by atoms with Gasteiger partial charge in [-0.25, -0.2) is 9.97 Å². The molecule has 1 atom stereocenters. The topological polar surface area (TPSA) is 123 Å². The highest BCUT2D eigenvalue weighted by Crippen LogP contribution is 2.40. The molecule has 2 aromatic heterocycles. The maximum atomic E-state index is 7.62. The third-order valence-corrected chi connectivity index (χ3v) is 6.05. The Labute approximate surface area is 167 Å². The summed E-state index contributed by atoms with van der Waals surface area (Å²) in [5.41, 5.74) is 15.1. The molecule has 2 heterocycles.